The lowest BCUT2D eigenvalue weighted by Crippen LogP contribution is -2.54. The molecule has 2 N–H and O–H groups in total. The summed E-state index contributed by atoms with van der Waals surface area (Å²) in [5, 5.41) is 20.5. The Kier molecular flexibility index (Phi) is 12.4. The number of aromatic nitrogens is 3. The monoisotopic (exact) mass is 619 g/mol. The molecule has 3 rings (SSSR count). The lowest BCUT2D eigenvalue weighted by molar-refractivity contribution is -0.118. The SMILES string of the molecule is C=CCc1cc(C(C)(C)c2ccc(COC(O)Cn3c(=O)n(C)c(=O)n(CC=C)c3=O)c(CC=C)c2)ccc1COC(O)CC. The highest BCUT2D eigenvalue weighted by Crippen LogP contribution is 2.34. The molecule has 0 spiro atoms. The number of hydrogen-bond acceptors (Lipinski definition) is 7. The summed E-state index contributed by atoms with van der Waals surface area (Å²) in [5.74, 6) is 0. The number of rotatable bonds is 17. The number of aliphatic hydroxyl groups is 2. The maximum Gasteiger partial charge on any atom is 0.336 e. The summed E-state index contributed by atoms with van der Waals surface area (Å²) in [6.07, 6.45) is 4.47. The first-order valence-corrected chi connectivity index (χ1v) is 15.0. The molecule has 0 saturated carbocycles. The van der Waals surface area contributed by atoms with Gasteiger partial charge in [-0.05, 0) is 52.6 Å². The summed E-state index contributed by atoms with van der Waals surface area (Å²) >= 11 is 0. The summed E-state index contributed by atoms with van der Waals surface area (Å²) < 4.78 is 13.7. The van der Waals surface area contributed by atoms with Crippen molar-refractivity contribution < 1.29 is 19.7 Å². The van der Waals surface area contributed by atoms with Crippen molar-refractivity contribution in [1.29, 1.82) is 0 Å². The minimum absolute atomic E-state index is 0.0220. The highest BCUT2D eigenvalue weighted by atomic mass is 16.6. The van der Waals surface area contributed by atoms with Crippen molar-refractivity contribution in [3.05, 3.63) is 139 Å². The third-order valence-electron chi connectivity index (χ3n) is 7.94. The van der Waals surface area contributed by atoms with Crippen LogP contribution in [0, 0.1) is 0 Å². The Labute approximate surface area is 263 Å². The molecule has 10 nitrogen and oxygen atoms in total. The largest absolute Gasteiger partial charge is 0.368 e. The molecule has 2 aromatic carbocycles. The maximum atomic E-state index is 12.8. The Bertz CT molecular complexity index is 1700. The molecule has 45 heavy (non-hydrogen) atoms. The third kappa shape index (κ3) is 8.34. The fraction of sp³-hybridized carbons (Fsp3) is 0.400. The topological polar surface area (TPSA) is 125 Å². The molecule has 3 aromatic rings. The molecule has 2 unspecified atom stereocenters. The van der Waals surface area contributed by atoms with Gasteiger partial charge in [0.15, 0.2) is 12.6 Å². The molecule has 0 aliphatic carbocycles. The molecule has 1 aromatic heterocycles. The quantitative estimate of drug-likeness (QED) is 0.175. The second-order valence-corrected chi connectivity index (χ2v) is 11.4. The predicted octanol–water partition coefficient (Wildman–Crippen LogP) is 3.46. The molecule has 0 fully saturated rings. The summed E-state index contributed by atoms with van der Waals surface area (Å²) in [6.45, 7) is 17.3. The number of benzene rings is 2. The zero-order chi connectivity index (χ0) is 33.3. The number of hydrogen-bond donors (Lipinski definition) is 2. The molecular formula is C35H45N3O7. The van der Waals surface area contributed by atoms with E-state index in [1.165, 1.54) is 13.1 Å². The van der Waals surface area contributed by atoms with Crippen molar-refractivity contribution in [3.8, 4) is 0 Å². The Hall–Kier alpha value is -4.09. The van der Waals surface area contributed by atoms with Crippen molar-refractivity contribution in [2.24, 2.45) is 7.05 Å². The van der Waals surface area contributed by atoms with E-state index in [4.69, 9.17) is 9.47 Å². The first kappa shape index (κ1) is 35.4. The van der Waals surface area contributed by atoms with Gasteiger partial charge in [-0.2, -0.15) is 0 Å². The van der Waals surface area contributed by atoms with Crippen molar-refractivity contribution in [2.75, 3.05) is 0 Å². The van der Waals surface area contributed by atoms with Crippen LogP contribution in [0.1, 0.15) is 60.6 Å². The Morgan fingerprint density at radius 3 is 1.71 bits per heavy atom. The van der Waals surface area contributed by atoms with E-state index in [2.05, 4.69) is 51.8 Å². The summed E-state index contributed by atoms with van der Waals surface area (Å²) in [6, 6.07) is 12.3. The molecular weight excluding hydrogens is 574 g/mol. The lowest BCUT2D eigenvalue weighted by Gasteiger charge is -2.28. The van der Waals surface area contributed by atoms with Crippen LogP contribution in [-0.2, 0) is 61.1 Å². The minimum Gasteiger partial charge on any atom is -0.368 e. The third-order valence-corrected chi connectivity index (χ3v) is 7.94. The molecule has 2 atom stereocenters. The first-order chi connectivity index (χ1) is 21.4. The fourth-order valence-electron chi connectivity index (χ4n) is 5.06. The lowest BCUT2D eigenvalue weighted by atomic mass is 9.76. The number of allylic oxidation sites excluding steroid dienone is 3. The average Bonchev–Trinajstić information content (AvgIpc) is 3.02. The van der Waals surface area contributed by atoms with Crippen molar-refractivity contribution in [2.45, 2.75) is 84.3 Å². The van der Waals surface area contributed by atoms with Crippen molar-refractivity contribution in [3.63, 3.8) is 0 Å². The second-order valence-electron chi connectivity index (χ2n) is 11.4. The minimum atomic E-state index is -1.48. The zero-order valence-corrected chi connectivity index (χ0v) is 26.7. The van der Waals surface area contributed by atoms with E-state index in [0.717, 1.165) is 47.1 Å². The average molecular weight is 620 g/mol. The predicted molar refractivity (Wildman–Crippen MR) is 175 cm³/mol. The van der Waals surface area contributed by atoms with Gasteiger partial charge in [0.05, 0.1) is 26.3 Å². The molecule has 0 bridgehead atoms. The van der Waals surface area contributed by atoms with Crippen molar-refractivity contribution in [1.82, 2.24) is 13.7 Å². The molecule has 10 heteroatoms. The Balaban J connectivity index is 1.85. The second kappa shape index (κ2) is 15.8. The van der Waals surface area contributed by atoms with E-state index >= 15 is 0 Å². The first-order valence-electron chi connectivity index (χ1n) is 15.0. The van der Waals surface area contributed by atoms with E-state index in [1.54, 1.807) is 6.08 Å². The molecule has 1 heterocycles. The van der Waals surface area contributed by atoms with Gasteiger partial charge in [-0.25, -0.2) is 28.1 Å². The molecule has 0 saturated heterocycles. The van der Waals surface area contributed by atoms with E-state index in [0.29, 0.717) is 25.9 Å². The van der Waals surface area contributed by atoms with Crippen LogP contribution in [0.3, 0.4) is 0 Å². The van der Waals surface area contributed by atoms with Crippen molar-refractivity contribution >= 4 is 0 Å². The number of nitrogens with zero attached hydrogens (tertiary/aromatic N) is 3. The van der Waals surface area contributed by atoms with Gasteiger partial charge in [0, 0.05) is 12.5 Å². The van der Waals surface area contributed by atoms with Crippen LogP contribution in [0.2, 0.25) is 0 Å². The highest BCUT2D eigenvalue weighted by molar-refractivity contribution is 5.45. The van der Waals surface area contributed by atoms with Gasteiger partial charge >= 0.3 is 17.1 Å². The van der Waals surface area contributed by atoms with Gasteiger partial charge in [-0.15, -0.1) is 19.7 Å². The van der Waals surface area contributed by atoms with Gasteiger partial charge in [-0.1, -0.05) is 75.4 Å². The summed E-state index contributed by atoms with van der Waals surface area (Å²) in [5.41, 5.74) is 3.21. The summed E-state index contributed by atoms with van der Waals surface area (Å²) in [4.78, 5) is 37.7. The van der Waals surface area contributed by atoms with Crippen LogP contribution in [0.5, 0.6) is 0 Å². The van der Waals surface area contributed by atoms with E-state index in [1.807, 2.05) is 31.2 Å². The number of aliphatic hydroxyl groups excluding tert-OH is 2. The van der Waals surface area contributed by atoms with Crippen LogP contribution >= 0.6 is 0 Å². The van der Waals surface area contributed by atoms with Gasteiger partial charge < -0.3 is 19.7 Å². The number of ether oxygens (including phenoxy) is 2. The molecule has 242 valence electrons. The fourth-order valence-corrected chi connectivity index (χ4v) is 5.06. The molecule has 0 aliphatic heterocycles. The van der Waals surface area contributed by atoms with Gasteiger partial charge in [0.1, 0.15) is 0 Å². The van der Waals surface area contributed by atoms with Crippen LogP contribution < -0.4 is 17.1 Å². The van der Waals surface area contributed by atoms with Gasteiger partial charge in [0.2, 0.25) is 0 Å². The molecule has 0 aliphatic rings. The van der Waals surface area contributed by atoms with Crippen LogP contribution in [0.4, 0.5) is 0 Å². The van der Waals surface area contributed by atoms with Crippen LogP contribution in [0.15, 0.2) is 88.7 Å². The van der Waals surface area contributed by atoms with Crippen LogP contribution in [0.25, 0.3) is 0 Å². The molecule has 0 amide bonds. The van der Waals surface area contributed by atoms with Crippen LogP contribution in [-0.4, -0.2) is 36.5 Å². The van der Waals surface area contributed by atoms with Gasteiger partial charge in [0.25, 0.3) is 0 Å². The Morgan fingerprint density at radius 1 is 0.756 bits per heavy atom. The summed E-state index contributed by atoms with van der Waals surface area (Å²) in [7, 11) is 1.26. The van der Waals surface area contributed by atoms with E-state index < -0.39 is 36.2 Å². The zero-order valence-electron chi connectivity index (χ0n) is 26.7. The smallest absolute Gasteiger partial charge is 0.336 e. The van der Waals surface area contributed by atoms with E-state index in [-0.39, 0.29) is 18.6 Å². The standard InChI is InChI=1S/C35H45N3O7/c1-8-12-24-19-28(16-14-26(24)22-44-30(39)11-4)35(5,6)29-17-15-27(25(20-29)13-9-2)23-45-31(40)21-38-33(42)36(7)32(41)37(18-10-3)34(38)43/h8-10,14-17,19-20,30-31,39-40H,1-3,11-13,18,21-23H2,4-7H3. The maximum absolute atomic E-state index is 12.8. The molecule has 0 radical (unpaired) electrons. The Morgan fingerprint density at radius 2 is 1.24 bits per heavy atom. The van der Waals surface area contributed by atoms with Gasteiger partial charge in [-0.3, -0.25) is 0 Å². The van der Waals surface area contributed by atoms with E-state index in [9.17, 15) is 24.6 Å². The highest BCUT2D eigenvalue weighted by Gasteiger charge is 2.25. The normalized spacial score (nSPS) is 12.9.